The van der Waals surface area contributed by atoms with E-state index in [1.165, 1.54) is 12.1 Å². The summed E-state index contributed by atoms with van der Waals surface area (Å²) in [6, 6.07) is 3.95. The van der Waals surface area contributed by atoms with E-state index in [9.17, 15) is 14.7 Å². The van der Waals surface area contributed by atoms with Crippen molar-refractivity contribution >= 4 is 17.3 Å². The van der Waals surface area contributed by atoms with Gasteiger partial charge in [-0.15, -0.1) is 0 Å². The average molecular weight is 437 g/mol. The highest BCUT2D eigenvalue weighted by Crippen LogP contribution is 2.62. The van der Waals surface area contributed by atoms with Gasteiger partial charge in [-0.1, -0.05) is 13.0 Å². The summed E-state index contributed by atoms with van der Waals surface area (Å²) in [6.45, 7) is 3.44. The Hall–Kier alpha value is -2.84. The lowest BCUT2D eigenvalue weighted by Gasteiger charge is -2.57. The zero-order chi connectivity index (χ0) is 22.6. The van der Waals surface area contributed by atoms with Crippen molar-refractivity contribution in [1.82, 2.24) is 4.90 Å². The Labute approximate surface area is 184 Å². The first-order chi connectivity index (χ1) is 15.2. The highest BCUT2D eigenvalue weighted by atomic mass is 19.1. The summed E-state index contributed by atoms with van der Waals surface area (Å²) < 4.78 is 21.8. The first-order valence-electron chi connectivity index (χ1n) is 11.0. The largest absolute Gasteiger partial charge is 0.464 e. The summed E-state index contributed by atoms with van der Waals surface area (Å²) in [5.74, 6) is -1.34. The van der Waals surface area contributed by atoms with Crippen molar-refractivity contribution in [1.29, 1.82) is 0 Å². The fourth-order valence-electron chi connectivity index (χ4n) is 6.13. The standard InChI is InChI=1S/C24H24FN3O4/c1-3-22(31)11-23-24(14-8-13(32-23)5-6-16(14)25)15(9-28(23)10-18(22)29)21(30)19-17(26)7-4-12(2)20(19)27-24/h4-6,8-9,17,19,31H,3,7,10-11,26H2,1-2H3. The third-order valence-electron chi connectivity index (χ3n) is 7.93. The molecule has 0 saturated carbocycles. The van der Waals surface area contributed by atoms with Crippen molar-refractivity contribution in [2.75, 3.05) is 6.54 Å². The smallest absolute Gasteiger partial charge is 0.220 e. The first kappa shape index (κ1) is 19.8. The summed E-state index contributed by atoms with van der Waals surface area (Å²) in [6.07, 6.45) is 4.11. The third-order valence-corrected chi connectivity index (χ3v) is 7.93. The van der Waals surface area contributed by atoms with E-state index in [2.05, 4.69) is 0 Å². The summed E-state index contributed by atoms with van der Waals surface area (Å²) in [5, 5.41) is 11.2. The number of halogens is 1. The number of allylic oxidation sites excluding steroid dienone is 1. The van der Waals surface area contributed by atoms with E-state index in [0.717, 1.165) is 5.57 Å². The molecule has 1 fully saturated rings. The second kappa shape index (κ2) is 5.94. The summed E-state index contributed by atoms with van der Waals surface area (Å²) >= 11 is 0. The number of rotatable bonds is 1. The second-order valence-corrected chi connectivity index (χ2v) is 9.52. The first-order valence-corrected chi connectivity index (χ1v) is 11.0. The molecule has 4 aliphatic heterocycles. The van der Waals surface area contributed by atoms with Crippen LogP contribution in [0.25, 0.3) is 0 Å². The Balaban J connectivity index is 1.71. The maximum absolute atomic E-state index is 15.4. The quantitative estimate of drug-likeness (QED) is 0.694. The Morgan fingerprint density at radius 2 is 2.16 bits per heavy atom. The predicted molar refractivity (Wildman–Crippen MR) is 113 cm³/mol. The van der Waals surface area contributed by atoms with Crippen molar-refractivity contribution in [3.63, 3.8) is 0 Å². The molecule has 1 aromatic rings. The topological polar surface area (TPSA) is 105 Å². The van der Waals surface area contributed by atoms with Crippen LogP contribution in [0, 0.1) is 11.7 Å². The maximum Gasteiger partial charge on any atom is 0.220 e. The number of piperidine rings is 1. The molecular formula is C24H24FN3O4. The van der Waals surface area contributed by atoms with Gasteiger partial charge in [0.05, 0.1) is 23.7 Å². The van der Waals surface area contributed by atoms with Crippen molar-refractivity contribution in [3.05, 3.63) is 53.0 Å². The van der Waals surface area contributed by atoms with E-state index < -0.39 is 34.6 Å². The van der Waals surface area contributed by atoms with Crippen molar-refractivity contribution in [2.45, 2.75) is 56.0 Å². The third kappa shape index (κ3) is 2.05. The zero-order valence-electron chi connectivity index (χ0n) is 17.9. The van der Waals surface area contributed by atoms with Gasteiger partial charge in [0.2, 0.25) is 5.72 Å². The molecule has 5 atom stereocenters. The number of nitrogens with zero attached hydrogens (tertiary/aromatic N) is 2. The SMILES string of the molecule is CCC1(O)CC23Oc4ccc(F)c(c4)C24N=C2C(C)=CCC(N)C2C(=O)C4=CN3CC1=O. The van der Waals surface area contributed by atoms with Gasteiger partial charge in [0.1, 0.15) is 17.2 Å². The molecule has 32 heavy (non-hydrogen) atoms. The van der Waals surface area contributed by atoms with Crippen LogP contribution in [-0.2, 0) is 15.1 Å². The van der Waals surface area contributed by atoms with Gasteiger partial charge in [0, 0.05) is 24.2 Å². The van der Waals surface area contributed by atoms with Crippen molar-refractivity contribution < 1.29 is 23.8 Å². The fourth-order valence-corrected chi connectivity index (χ4v) is 6.13. The van der Waals surface area contributed by atoms with Crippen LogP contribution in [0.1, 0.15) is 38.7 Å². The Morgan fingerprint density at radius 3 is 2.91 bits per heavy atom. The Kier molecular flexibility index (Phi) is 3.68. The van der Waals surface area contributed by atoms with Crippen LogP contribution in [0.15, 0.2) is 46.6 Å². The monoisotopic (exact) mass is 437 g/mol. The number of aliphatic hydroxyl groups is 1. The van der Waals surface area contributed by atoms with Gasteiger partial charge >= 0.3 is 0 Å². The van der Waals surface area contributed by atoms with E-state index in [1.807, 2.05) is 13.0 Å². The molecule has 166 valence electrons. The molecule has 8 heteroatoms. The predicted octanol–water partition coefficient (Wildman–Crippen LogP) is 1.74. The highest BCUT2D eigenvalue weighted by molar-refractivity contribution is 6.22. The molecule has 5 aliphatic rings. The Morgan fingerprint density at radius 1 is 1.38 bits per heavy atom. The maximum atomic E-state index is 15.4. The molecule has 1 aromatic carbocycles. The molecule has 3 N–H and O–H groups in total. The fraction of sp³-hybridized carbons (Fsp3) is 0.458. The van der Waals surface area contributed by atoms with Crippen LogP contribution < -0.4 is 10.5 Å². The normalized spacial score (nSPS) is 39.2. The van der Waals surface area contributed by atoms with Crippen LogP contribution >= 0.6 is 0 Å². The van der Waals surface area contributed by atoms with Gasteiger partial charge in [0.15, 0.2) is 17.1 Å². The van der Waals surface area contributed by atoms with Gasteiger partial charge in [-0.3, -0.25) is 14.6 Å². The molecular weight excluding hydrogens is 413 g/mol. The van der Waals surface area contributed by atoms with Crippen LogP contribution in [-0.4, -0.2) is 51.2 Å². The van der Waals surface area contributed by atoms with Crippen molar-refractivity contribution in [3.8, 4) is 5.75 Å². The van der Waals surface area contributed by atoms with Gasteiger partial charge in [-0.2, -0.15) is 0 Å². The summed E-state index contributed by atoms with van der Waals surface area (Å²) in [7, 11) is 0. The van der Waals surface area contributed by atoms with Gasteiger partial charge in [-0.05, 0) is 43.5 Å². The van der Waals surface area contributed by atoms with Gasteiger partial charge in [0.25, 0.3) is 0 Å². The number of hydrogen-bond acceptors (Lipinski definition) is 7. The molecule has 7 nitrogen and oxygen atoms in total. The number of benzene rings is 1. The minimum atomic E-state index is -1.67. The van der Waals surface area contributed by atoms with Crippen LogP contribution in [0.2, 0.25) is 0 Å². The minimum absolute atomic E-state index is 0.138. The number of carbonyl (C=O) groups is 2. The van der Waals surface area contributed by atoms with E-state index in [4.69, 9.17) is 15.5 Å². The number of hydrogen-bond donors (Lipinski definition) is 2. The van der Waals surface area contributed by atoms with E-state index >= 15 is 4.39 Å². The summed E-state index contributed by atoms with van der Waals surface area (Å²) in [5.41, 5.74) is 3.52. The molecule has 1 saturated heterocycles. The highest BCUT2D eigenvalue weighted by Gasteiger charge is 2.74. The Bertz CT molecular complexity index is 1210. The number of aliphatic imine (C=N–C) groups is 1. The number of carbonyl (C=O) groups excluding carboxylic acids is 2. The minimum Gasteiger partial charge on any atom is -0.464 e. The van der Waals surface area contributed by atoms with E-state index in [0.29, 0.717) is 17.9 Å². The molecule has 0 aromatic heterocycles. The van der Waals surface area contributed by atoms with Gasteiger partial charge in [-0.25, -0.2) is 4.39 Å². The van der Waals surface area contributed by atoms with Gasteiger partial charge < -0.3 is 20.5 Å². The molecule has 2 spiro atoms. The summed E-state index contributed by atoms with van der Waals surface area (Å²) in [4.78, 5) is 33.5. The zero-order valence-corrected chi connectivity index (χ0v) is 17.9. The number of ketones is 2. The van der Waals surface area contributed by atoms with E-state index in [1.54, 1.807) is 24.1 Å². The average Bonchev–Trinajstić information content (AvgIpc) is 3.04. The second-order valence-electron chi connectivity index (χ2n) is 9.52. The lowest BCUT2D eigenvalue weighted by atomic mass is 9.63. The number of nitrogens with two attached hydrogens (primary N) is 1. The molecule has 6 rings (SSSR count). The van der Waals surface area contributed by atoms with E-state index in [-0.39, 0.29) is 42.1 Å². The molecule has 5 unspecified atom stereocenters. The lowest BCUT2D eigenvalue weighted by molar-refractivity contribution is -0.188. The van der Waals surface area contributed by atoms with Crippen molar-refractivity contribution in [2.24, 2.45) is 16.6 Å². The molecule has 0 amide bonds. The molecule has 1 aliphatic carbocycles. The number of ether oxygens (including phenoxy) is 1. The molecule has 4 heterocycles. The van der Waals surface area contributed by atoms with Crippen LogP contribution in [0.5, 0.6) is 5.75 Å². The molecule has 0 radical (unpaired) electrons. The number of fused-ring (bicyclic) bond motifs is 3. The lowest BCUT2D eigenvalue weighted by Crippen LogP contribution is -2.72. The number of Topliss-reactive ketones (excluding diaryl/α,β-unsaturated/α-hetero) is 2. The van der Waals surface area contributed by atoms with Crippen LogP contribution in [0.4, 0.5) is 4.39 Å². The molecule has 2 bridgehead atoms. The van der Waals surface area contributed by atoms with Crippen LogP contribution in [0.3, 0.4) is 0 Å².